The van der Waals surface area contributed by atoms with Crippen LogP contribution in [0.5, 0.6) is 5.75 Å². The molecule has 2 aliphatic rings. The number of hydrogen-bond acceptors (Lipinski definition) is 4. The lowest BCUT2D eigenvalue weighted by molar-refractivity contribution is -0.0130. The molecule has 1 aliphatic heterocycles. The predicted octanol–water partition coefficient (Wildman–Crippen LogP) is 2.22. The van der Waals surface area contributed by atoms with Gasteiger partial charge < -0.3 is 9.84 Å². The molecule has 1 aromatic carbocycles. The van der Waals surface area contributed by atoms with Crippen molar-refractivity contribution < 1.29 is 14.6 Å². The van der Waals surface area contributed by atoms with Crippen molar-refractivity contribution in [2.45, 2.75) is 31.2 Å². The second-order valence-electron chi connectivity index (χ2n) is 5.71. The highest BCUT2D eigenvalue weighted by Crippen LogP contribution is 2.38. The van der Waals surface area contributed by atoms with Crippen LogP contribution in [-0.4, -0.2) is 47.6 Å². The van der Waals surface area contributed by atoms with E-state index in [1.165, 1.54) is 0 Å². The fourth-order valence-corrected chi connectivity index (χ4v) is 3.52. The van der Waals surface area contributed by atoms with Crippen LogP contribution in [-0.2, 0) is 4.74 Å². The van der Waals surface area contributed by atoms with Crippen LogP contribution in [0.3, 0.4) is 0 Å². The Kier molecular flexibility index (Phi) is 3.76. The summed E-state index contributed by atoms with van der Waals surface area (Å²) in [5.74, 6) is 0.408. The van der Waals surface area contributed by atoms with Gasteiger partial charge in [-0.25, -0.2) is 0 Å². The molecule has 0 amide bonds. The Labute approximate surface area is 119 Å². The lowest BCUT2D eigenvalue weighted by Crippen LogP contribution is -2.56. The Morgan fingerprint density at radius 3 is 2.30 bits per heavy atom. The van der Waals surface area contributed by atoms with Gasteiger partial charge in [0, 0.05) is 18.7 Å². The largest absolute Gasteiger partial charge is 0.508 e. The molecule has 0 spiro atoms. The van der Waals surface area contributed by atoms with E-state index < -0.39 is 0 Å². The number of ether oxygens (including phenoxy) is 1. The summed E-state index contributed by atoms with van der Waals surface area (Å²) in [6.45, 7) is 3.10. The normalized spacial score (nSPS) is 22.8. The number of Topliss-reactive ketones (excluding diaryl/α,β-unsaturated/α-hetero) is 1. The summed E-state index contributed by atoms with van der Waals surface area (Å²) in [6, 6.07) is 6.65. The molecule has 1 saturated heterocycles. The maximum Gasteiger partial charge on any atom is 0.183 e. The molecule has 2 fully saturated rings. The molecule has 3 rings (SSSR count). The summed E-state index contributed by atoms with van der Waals surface area (Å²) in [6.07, 6.45) is 4.10. The standard InChI is InChI=1S/C16H21NO3/c18-14-5-3-13(4-6-14)15(19)16(7-1-2-8-16)17-9-11-20-12-10-17/h3-6,18H,1-2,7-12H2. The molecule has 1 aromatic rings. The van der Waals surface area contributed by atoms with Crippen molar-refractivity contribution in [1.29, 1.82) is 0 Å². The van der Waals surface area contributed by atoms with Gasteiger partial charge >= 0.3 is 0 Å². The molecule has 1 heterocycles. The van der Waals surface area contributed by atoms with E-state index in [0.717, 1.165) is 38.8 Å². The fourth-order valence-electron chi connectivity index (χ4n) is 3.52. The molecule has 0 aromatic heterocycles. The second kappa shape index (κ2) is 5.54. The highest BCUT2D eigenvalue weighted by molar-refractivity contribution is 6.03. The van der Waals surface area contributed by atoms with Crippen molar-refractivity contribution in [3.05, 3.63) is 29.8 Å². The van der Waals surface area contributed by atoms with Crippen LogP contribution in [0.15, 0.2) is 24.3 Å². The number of rotatable bonds is 3. The van der Waals surface area contributed by atoms with E-state index in [4.69, 9.17) is 4.74 Å². The van der Waals surface area contributed by atoms with Gasteiger partial charge in [-0.1, -0.05) is 12.8 Å². The van der Waals surface area contributed by atoms with Gasteiger partial charge in [0.25, 0.3) is 0 Å². The Balaban J connectivity index is 1.89. The first-order valence-electron chi connectivity index (χ1n) is 7.39. The van der Waals surface area contributed by atoms with Crippen LogP contribution >= 0.6 is 0 Å². The average Bonchev–Trinajstić information content (AvgIpc) is 2.99. The number of ketones is 1. The first-order chi connectivity index (χ1) is 9.72. The molecular weight excluding hydrogens is 254 g/mol. The quantitative estimate of drug-likeness (QED) is 0.859. The van der Waals surface area contributed by atoms with Crippen molar-refractivity contribution in [2.24, 2.45) is 0 Å². The smallest absolute Gasteiger partial charge is 0.183 e. The van der Waals surface area contributed by atoms with E-state index >= 15 is 0 Å². The van der Waals surface area contributed by atoms with Crippen LogP contribution in [0.1, 0.15) is 36.0 Å². The van der Waals surface area contributed by atoms with Gasteiger partial charge in [-0.05, 0) is 37.1 Å². The minimum Gasteiger partial charge on any atom is -0.508 e. The number of morpholine rings is 1. The summed E-state index contributed by atoms with van der Waals surface area (Å²) in [5.41, 5.74) is 0.358. The van der Waals surface area contributed by atoms with Gasteiger partial charge in [-0.15, -0.1) is 0 Å². The zero-order chi connectivity index (χ0) is 14.0. The molecule has 4 nitrogen and oxygen atoms in total. The van der Waals surface area contributed by atoms with E-state index in [0.29, 0.717) is 18.8 Å². The SMILES string of the molecule is O=C(c1ccc(O)cc1)C1(N2CCOCC2)CCCC1. The maximum atomic E-state index is 13.0. The second-order valence-corrected chi connectivity index (χ2v) is 5.71. The van der Waals surface area contributed by atoms with Gasteiger partial charge in [0.05, 0.1) is 18.8 Å². The number of carbonyl (C=O) groups excluding carboxylic acids is 1. The van der Waals surface area contributed by atoms with E-state index in [9.17, 15) is 9.90 Å². The number of phenols is 1. The summed E-state index contributed by atoms with van der Waals surface area (Å²) in [5, 5.41) is 9.38. The van der Waals surface area contributed by atoms with Gasteiger partial charge in [-0.3, -0.25) is 9.69 Å². The molecule has 0 atom stereocenters. The fraction of sp³-hybridized carbons (Fsp3) is 0.562. The Morgan fingerprint density at radius 2 is 1.70 bits per heavy atom. The minimum absolute atomic E-state index is 0.202. The highest BCUT2D eigenvalue weighted by atomic mass is 16.5. The molecule has 0 unspecified atom stereocenters. The minimum atomic E-state index is -0.346. The zero-order valence-electron chi connectivity index (χ0n) is 11.7. The van der Waals surface area contributed by atoms with Gasteiger partial charge in [0.2, 0.25) is 0 Å². The predicted molar refractivity (Wildman–Crippen MR) is 76.0 cm³/mol. The third-order valence-electron chi connectivity index (χ3n) is 4.60. The lowest BCUT2D eigenvalue weighted by Gasteiger charge is -2.42. The Morgan fingerprint density at radius 1 is 1.10 bits per heavy atom. The monoisotopic (exact) mass is 275 g/mol. The number of hydrogen-bond donors (Lipinski definition) is 1. The van der Waals surface area contributed by atoms with Crippen LogP contribution in [0.25, 0.3) is 0 Å². The first-order valence-corrected chi connectivity index (χ1v) is 7.39. The third kappa shape index (κ3) is 2.34. The number of carbonyl (C=O) groups is 1. The molecule has 1 aliphatic carbocycles. The zero-order valence-corrected chi connectivity index (χ0v) is 11.7. The molecule has 1 N–H and O–H groups in total. The Hall–Kier alpha value is -1.39. The first kappa shape index (κ1) is 13.6. The molecule has 4 heteroatoms. The van der Waals surface area contributed by atoms with Crippen LogP contribution in [0.4, 0.5) is 0 Å². The summed E-state index contributed by atoms with van der Waals surface area (Å²) in [4.78, 5) is 15.3. The van der Waals surface area contributed by atoms with Crippen molar-refractivity contribution in [3.63, 3.8) is 0 Å². The average molecular weight is 275 g/mol. The van der Waals surface area contributed by atoms with Crippen molar-refractivity contribution >= 4 is 5.78 Å². The summed E-state index contributed by atoms with van der Waals surface area (Å²) in [7, 11) is 0. The van der Waals surface area contributed by atoms with Crippen LogP contribution in [0.2, 0.25) is 0 Å². The number of aromatic hydroxyl groups is 1. The van der Waals surface area contributed by atoms with Crippen molar-refractivity contribution in [1.82, 2.24) is 4.90 Å². The van der Waals surface area contributed by atoms with Crippen molar-refractivity contribution in [2.75, 3.05) is 26.3 Å². The van der Waals surface area contributed by atoms with Gasteiger partial charge in [0.15, 0.2) is 5.78 Å². The molecule has 108 valence electrons. The third-order valence-corrected chi connectivity index (χ3v) is 4.60. The Bertz CT molecular complexity index is 471. The van der Waals surface area contributed by atoms with E-state index in [2.05, 4.69) is 4.90 Å². The topological polar surface area (TPSA) is 49.8 Å². The summed E-state index contributed by atoms with van der Waals surface area (Å²) < 4.78 is 5.42. The summed E-state index contributed by atoms with van der Waals surface area (Å²) >= 11 is 0. The molecular formula is C16H21NO3. The maximum absolute atomic E-state index is 13.0. The molecule has 0 radical (unpaired) electrons. The molecule has 20 heavy (non-hydrogen) atoms. The van der Waals surface area contributed by atoms with E-state index in [-0.39, 0.29) is 17.1 Å². The molecule has 0 bridgehead atoms. The van der Waals surface area contributed by atoms with Crippen LogP contribution < -0.4 is 0 Å². The van der Waals surface area contributed by atoms with E-state index in [1.807, 2.05) is 0 Å². The van der Waals surface area contributed by atoms with Gasteiger partial charge in [0.1, 0.15) is 5.75 Å². The van der Waals surface area contributed by atoms with Crippen molar-refractivity contribution in [3.8, 4) is 5.75 Å². The number of nitrogens with zero attached hydrogens (tertiary/aromatic N) is 1. The number of benzene rings is 1. The molecule has 1 saturated carbocycles. The van der Waals surface area contributed by atoms with Gasteiger partial charge in [-0.2, -0.15) is 0 Å². The van der Waals surface area contributed by atoms with Crippen LogP contribution in [0, 0.1) is 0 Å². The highest BCUT2D eigenvalue weighted by Gasteiger charge is 2.46. The number of phenolic OH excluding ortho intramolecular Hbond substituents is 1. The van der Waals surface area contributed by atoms with E-state index in [1.54, 1.807) is 24.3 Å². The lowest BCUT2D eigenvalue weighted by atomic mass is 9.85.